The van der Waals surface area contributed by atoms with Crippen molar-refractivity contribution in [2.45, 2.75) is 25.9 Å². The van der Waals surface area contributed by atoms with Crippen LogP contribution in [0.5, 0.6) is 5.75 Å². The maximum Gasteiger partial charge on any atom is 0.124 e. The van der Waals surface area contributed by atoms with Crippen molar-refractivity contribution < 1.29 is 4.74 Å². The molecule has 0 aliphatic carbocycles. The van der Waals surface area contributed by atoms with Crippen LogP contribution in [0.4, 0.5) is 0 Å². The number of para-hydroxylation sites is 1. The second-order valence-electron chi connectivity index (χ2n) is 5.75. The van der Waals surface area contributed by atoms with Crippen molar-refractivity contribution in [2.24, 2.45) is 5.92 Å². The Kier molecular flexibility index (Phi) is 4.18. The average Bonchev–Trinajstić information content (AvgIpc) is 2.50. The Morgan fingerprint density at radius 2 is 2.00 bits per heavy atom. The highest BCUT2D eigenvalue weighted by molar-refractivity contribution is 6.30. The van der Waals surface area contributed by atoms with Gasteiger partial charge in [-0.15, -0.1) is 0 Å². The van der Waals surface area contributed by atoms with E-state index in [-0.39, 0.29) is 6.04 Å². The molecule has 3 rings (SSSR count). The van der Waals surface area contributed by atoms with Crippen molar-refractivity contribution in [3.63, 3.8) is 0 Å². The van der Waals surface area contributed by atoms with Gasteiger partial charge in [0.2, 0.25) is 0 Å². The number of rotatable bonds is 3. The van der Waals surface area contributed by atoms with E-state index < -0.39 is 0 Å². The first-order valence-corrected chi connectivity index (χ1v) is 7.76. The third-order valence-electron chi connectivity index (χ3n) is 4.10. The first kappa shape index (κ1) is 14.4. The van der Waals surface area contributed by atoms with Crippen molar-refractivity contribution in [3.05, 3.63) is 64.7 Å². The van der Waals surface area contributed by atoms with E-state index in [0.717, 1.165) is 17.4 Å². The molecule has 0 amide bonds. The Morgan fingerprint density at radius 1 is 1.19 bits per heavy atom. The third-order valence-corrected chi connectivity index (χ3v) is 4.34. The fourth-order valence-corrected chi connectivity index (χ4v) is 3.09. The smallest absolute Gasteiger partial charge is 0.124 e. The highest BCUT2D eigenvalue weighted by Gasteiger charge is 2.28. The molecule has 1 aliphatic heterocycles. The Labute approximate surface area is 131 Å². The van der Waals surface area contributed by atoms with Crippen molar-refractivity contribution in [1.82, 2.24) is 5.32 Å². The monoisotopic (exact) mass is 301 g/mol. The van der Waals surface area contributed by atoms with E-state index in [2.05, 4.69) is 37.4 Å². The predicted molar refractivity (Wildman–Crippen MR) is 86.8 cm³/mol. The van der Waals surface area contributed by atoms with E-state index in [1.54, 1.807) is 0 Å². The van der Waals surface area contributed by atoms with E-state index in [1.807, 2.05) is 30.3 Å². The molecule has 3 atom stereocenters. The van der Waals surface area contributed by atoms with Crippen LogP contribution in [-0.2, 0) is 0 Å². The molecule has 2 aromatic rings. The number of fused-ring (bicyclic) bond motifs is 1. The van der Waals surface area contributed by atoms with Crippen LogP contribution >= 0.6 is 11.6 Å². The van der Waals surface area contributed by atoms with Crippen LogP contribution in [0.15, 0.2) is 48.5 Å². The standard InChI is InChI=1S/C18H20ClNO/c1-12-11-21-17-9-4-3-8-16(17)18(12)20-13(2)14-6-5-7-15(19)10-14/h3-10,12-13,18,20H,11H2,1-2H3/t12?,13-,18?/m1/s1. The van der Waals surface area contributed by atoms with Gasteiger partial charge < -0.3 is 10.1 Å². The van der Waals surface area contributed by atoms with Crippen LogP contribution in [0.2, 0.25) is 5.02 Å². The van der Waals surface area contributed by atoms with Gasteiger partial charge >= 0.3 is 0 Å². The summed E-state index contributed by atoms with van der Waals surface area (Å²) < 4.78 is 5.81. The molecule has 21 heavy (non-hydrogen) atoms. The molecule has 2 unspecified atom stereocenters. The summed E-state index contributed by atoms with van der Waals surface area (Å²) >= 11 is 6.09. The van der Waals surface area contributed by atoms with E-state index in [1.165, 1.54) is 11.1 Å². The largest absolute Gasteiger partial charge is 0.493 e. The summed E-state index contributed by atoms with van der Waals surface area (Å²) in [7, 11) is 0. The van der Waals surface area contributed by atoms with Gasteiger partial charge in [0.1, 0.15) is 5.75 Å². The molecule has 2 aromatic carbocycles. The molecule has 1 aliphatic rings. The van der Waals surface area contributed by atoms with Gasteiger partial charge in [-0.25, -0.2) is 0 Å². The molecule has 0 bridgehead atoms. The molecule has 1 heterocycles. The van der Waals surface area contributed by atoms with Gasteiger partial charge in [-0.3, -0.25) is 0 Å². The topological polar surface area (TPSA) is 21.3 Å². The molecule has 110 valence electrons. The van der Waals surface area contributed by atoms with Gasteiger partial charge in [-0.05, 0) is 30.7 Å². The maximum atomic E-state index is 6.09. The summed E-state index contributed by atoms with van der Waals surface area (Å²) in [5.74, 6) is 1.42. The van der Waals surface area contributed by atoms with Crippen molar-refractivity contribution in [2.75, 3.05) is 6.61 Å². The molecule has 0 spiro atoms. The summed E-state index contributed by atoms with van der Waals surface area (Å²) in [5, 5.41) is 4.51. The first-order valence-electron chi connectivity index (χ1n) is 7.38. The van der Waals surface area contributed by atoms with Crippen LogP contribution < -0.4 is 10.1 Å². The molecule has 0 saturated carbocycles. The molecular weight excluding hydrogens is 282 g/mol. The zero-order valence-electron chi connectivity index (χ0n) is 12.3. The van der Waals surface area contributed by atoms with Gasteiger partial charge in [0.25, 0.3) is 0 Å². The van der Waals surface area contributed by atoms with E-state index in [4.69, 9.17) is 16.3 Å². The minimum absolute atomic E-state index is 0.238. The first-order chi connectivity index (χ1) is 10.1. The van der Waals surface area contributed by atoms with Gasteiger partial charge in [-0.1, -0.05) is 48.9 Å². The van der Waals surface area contributed by atoms with E-state index in [9.17, 15) is 0 Å². The predicted octanol–water partition coefficient (Wildman–Crippen LogP) is 4.76. The lowest BCUT2D eigenvalue weighted by molar-refractivity contribution is 0.182. The minimum atomic E-state index is 0.238. The Balaban J connectivity index is 1.84. The summed E-state index contributed by atoms with van der Waals surface area (Å²) in [6.45, 7) is 5.14. The lowest BCUT2D eigenvalue weighted by atomic mass is 9.91. The fourth-order valence-electron chi connectivity index (χ4n) is 2.89. The van der Waals surface area contributed by atoms with E-state index >= 15 is 0 Å². The van der Waals surface area contributed by atoms with Crippen molar-refractivity contribution >= 4 is 11.6 Å². The maximum absolute atomic E-state index is 6.09. The van der Waals surface area contributed by atoms with Crippen LogP contribution in [-0.4, -0.2) is 6.61 Å². The van der Waals surface area contributed by atoms with Crippen LogP contribution in [0.3, 0.4) is 0 Å². The molecule has 1 N–H and O–H groups in total. The Bertz CT molecular complexity index is 628. The average molecular weight is 302 g/mol. The summed E-state index contributed by atoms with van der Waals surface area (Å²) in [4.78, 5) is 0. The van der Waals surface area contributed by atoms with E-state index in [0.29, 0.717) is 12.0 Å². The van der Waals surface area contributed by atoms with Crippen molar-refractivity contribution in [3.8, 4) is 5.75 Å². The number of hydrogen-bond acceptors (Lipinski definition) is 2. The highest BCUT2D eigenvalue weighted by atomic mass is 35.5. The molecule has 0 radical (unpaired) electrons. The molecular formula is C18H20ClNO. The second-order valence-corrected chi connectivity index (χ2v) is 6.18. The van der Waals surface area contributed by atoms with Crippen LogP contribution in [0, 0.1) is 5.92 Å². The highest BCUT2D eigenvalue weighted by Crippen LogP contribution is 2.36. The second kappa shape index (κ2) is 6.08. The Morgan fingerprint density at radius 3 is 2.81 bits per heavy atom. The lowest BCUT2D eigenvalue weighted by Gasteiger charge is -2.34. The number of nitrogens with one attached hydrogen (secondary N) is 1. The number of halogens is 1. The SMILES string of the molecule is CC1COc2ccccc2C1N[C@H](C)c1cccc(Cl)c1. The molecule has 2 nitrogen and oxygen atoms in total. The van der Waals surface area contributed by atoms with Crippen LogP contribution in [0.1, 0.15) is 37.1 Å². The normalized spacial score (nSPS) is 22.2. The number of benzene rings is 2. The zero-order chi connectivity index (χ0) is 14.8. The molecule has 3 heteroatoms. The van der Waals surface area contributed by atoms with Gasteiger partial charge in [-0.2, -0.15) is 0 Å². The summed E-state index contributed by atoms with van der Waals surface area (Å²) in [6, 6.07) is 16.8. The Hall–Kier alpha value is -1.51. The summed E-state index contributed by atoms with van der Waals surface area (Å²) in [5.41, 5.74) is 2.45. The lowest BCUT2D eigenvalue weighted by Crippen LogP contribution is -2.35. The molecule has 0 saturated heterocycles. The quantitative estimate of drug-likeness (QED) is 0.882. The number of hydrogen-bond donors (Lipinski definition) is 1. The molecule has 0 fully saturated rings. The van der Waals surface area contributed by atoms with Gasteiger partial charge in [0.05, 0.1) is 6.61 Å². The minimum Gasteiger partial charge on any atom is -0.493 e. The third kappa shape index (κ3) is 3.07. The van der Waals surface area contributed by atoms with Gasteiger partial charge in [0.15, 0.2) is 0 Å². The zero-order valence-corrected chi connectivity index (χ0v) is 13.1. The van der Waals surface area contributed by atoms with Crippen molar-refractivity contribution in [1.29, 1.82) is 0 Å². The van der Waals surface area contributed by atoms with Gasteiger partial charge in [0, 0.05) is 28.6 Å². The number of ether oxygens (including phenoxy) is 1. The molecule has 0 aromatic heterocycles. The van der Waals surface area contributed by atoms with Crippen LogP contribution in [0.25, 0.3) is 0 Å². The fraction of sp³-hybridized carbons (Fsp3) is 0.333. The summed E-state index contributed by atoms with van der Waals surface area (Å²) in [6.07, 6.45) is 0.